The van der Waals surface area contributed by atoms with Crippen molar-refractivity contribution in [3.63, 3.8) is 0 Å². The van der Waals surface area contributed by atoms with Crippen LogP contribution in [0.3, 0.4) is 0 Å². The number of nitrogens with one attached hydrogen (secondary N) is 1. The molecule has 2 rings (SSSR count). The highest BCUT2D eigenvalue weighted by molar-refractivity contribution is 7.09. The molecule has 0 atom stereocenters. The molecule has 0 amide bonds. The van der Waals surface area contributed by atoms with Gasteiger partial charge in [-0.05, 0) is 17.5 Å². The van der Waals surface area contributed by atoms with E-state index in [9.17, 15) is 0 Å². The third-order valence-corrected chi connectivity index (χ3v) is 3.66. The molecule has 0 saturated heterocycles. The van der Waals surface area contributed by atoms with Gasteiger partial charge in [-0.1, -0.05) is 39.0 Å². The maximum atomic E-state index is 4.71. The van der Waals surface area contributed by atoms with Gasteiger partial charge in [0.25, 0.3) is 0 Å². The molecule has 0 saturated carbocycles. The van der Waals surface area contributed by atoms with Crippen LogP contribution in [0.15, 0.2) is 35.7 Å². The molecule has 0 aliphatic carbocycles. The summed E-state index contributed by atoms with van der Waals surface area (Å²) in [4.78, 5) is 4.71. The van der Waals surface area contributed by atoms with Crippen molar-refractivity contribution in [1.29, 1.82) is 0 Å². The molecule has 1 N–H and O–H groups in total. The largest absolute Gasteiger partial charge is 0.385 e. The zero-order chi connectivity index (χ0) is 13.7. The van der Waals surface area contributed by atoms with E-state index in [2.05, 4.69) is 43.6 Å². The monoisotopic (exact) mass is 274 g/mol. The van der Waals surface area contributed by atoms with Crippen molar-refractivity contribution in [2.24, 2.45) is 5.41 Å². The third-order valence-electron chi connectivity index (χ3n) is 2.76. The van der Waals surface area contributed by atoms with E-state index in [-0.39, 0.29) is 0 Å². The predicted molar refractivity (Wildman–Crippen MR) is 83.9 cm³/mol. The topological polar surface area (TPSA) is 24.9 Å². The number of para-hydroxylation sites is 1. The van der Waals surface area contributed by atoms with E-state index in [0.29, 0.717) is 5.41 Å². The molecule has 0 bridgehead atoms. The Hall–Kier alpha value is -1.35. The fourth-order valence-corrected chi connectivity index (χ4v) is 3.02. The van der Waals surface area contributed by atoms with Gasteiger partial charge in [-0.2, -0.15) is 0 Å². The summed E-state index contributed by atoms with van der Waals surface area (Å²) in [6.07, 6.45) is 2.04. The first kappa shape index (κ1) is 14.1. The number of aromatic nitrogens is 1. The molecule has 0 spiro atoms. The van der Waals surface area contributed by atoms with E-state index in [1.54, 1.807) is 11.3 Å². The summed E-state index contributed by atoms with van der Waals surface area (Å²) in [6.45, 7) is 7.70. The van der Waals surface area contributed by atoms with Crippen LogP contribution < -0.4 is 5.32 Å². The van der Waals surface area contributed by atoms with Crippen LogP contribution in [-0.2, 0) is 12.8 Å². The molecule has 19 heavy (non-hydrogen) atoms. The molecular weight excluding hydrogens is 252 g/mol. The van der Waals surface area contributed by atoms with Gasteiger partial charge in [0.1, 0.15) is 0 Å². The van der Waals surface area contributed by atoms with E-state index < -0.39 is 0 Å². The Morgan fingerprint density at radius 3 is 2.58 bits per heavy atom. The first-order chi connectivity index (χ1) is 9.03. The van der Waals surface area contributed by atoms with Crippen molar-refractivity contribution < 1.29 is 0 Å². The minimum absolute atomic E-state index is 0.317. The molecule has 0 aliphatic heterocycles. The van der Waals surface area contributed by atoms with Crippen molar-refractivity contribution in [3.8, 4) is 0 Å². The maximum Gasteiger partial charge on any atom is 0.0933 e. The average molecular weight is 274 g/mol. The van der Waals surface area contributed by atoms with Crippen molar-refractivity contribution in [2.75, 3.05) is 11.9 Å². The van der Waals surface area contributed by atoms with Gasteiger partial charge in [0.15, 0.2) is 0 Å². The van der Waals surface area contributed by atoms with Crippen molar-refractivity contribution in [3.05, 3.63) is 46.4 Å². The van der Waals surface area contributed by atoms with Gasteiger partial charge in [-0.3, -0.25) is 0 Å². The van der Waals surface area contributed by atoms with E-state index in [0.717, 1.165) is 19.4 Å². The molecule has 102 valence electrons. The second-order valence-electron chi connectivity index (χ2n) is 6.01. The number of nitrogens with zero attached hydrogens (tertiary/aromatic N) is 1. The average Bonchev–Trinajstić information content (AvgIpc) is 2.76. The number of rotatable bonds is 5. The highest BCUT2D eigenvalue weighted by Gasteiger charge is 2.13. The van der Waals surface area contributed by atoms with Crippen LogP contribution in [0.4, 0.5) is 5.69 Å². The molecular formula is C16H22N2S. The Bertz CT molecular complexity index is 497. The van der Waals surface area contributed by atoms with Gasteiger partial charge in [0, 0.05) is 30.5 Å². The van der Waals surface area contributed by atoms with Gasteiger partial charge in [0.05, 0.1) is 10.7 Å². The van der Waals surface area contributed by atoms with Gasteiger partial charge in [0.2, 0.25) is 0 Å². The molecule has 2 nitrogen and oxygen atoms in total. The highest BCUT2D eigenvalue weighted by Crippen LogP contribution is 2.23. The standard InChI is InChI=1S/C16H22N2S/c1-16(2,3)11-15-18-14(12-19-15)9-10-17-13-7-5-4-6-8-13/h4-8,12,17H,9-11H2,1-3H3. The first-order valence-electron chi connectivity index (χ1n) is 6.75. The Morgan fingerprint density at radius 1 is 1.16 bits per heavy atom. The van der Waals surface area contributed by atoms with Crippen LogP contribution in [0.25, 0.3) is 0 Å². The molecule has 0 aliphatic rings. The van der Waals surface area contributed by atoms with Crippen LogP contribution in [0.1, 0.15) is 31.5 Å². The second-order valence-corrected chi connectivity index (χ2v) is 6.96. The fraction of sp³-hybridized carbons (Fsp3) is 0.438. The van der Waals surface area contributed by atoms with Crippen molar-refractivity contribution in [1.82, 2.24) is 4.98 Å². The summed E-state index contributed by atoms with van der Waals surface area (Å²) in [6, 6.07) is 10.3. The van der Waals surface area contributed by atoms with Gasteiger partial charge >= 0.3 is 0 Å². The van der Waals surface area contributed by atoms with Crippen LogP contribution in [0.5, 0.6) is 0 Å². The molecule has 1 aromatic heterocycles. The fourth-order valence-electron chi connectivity index (χ4n) is 1.89. The summed E-state index contributed by atoms with van der Waals surface area (Å²) < 4.78 is 0. The summed E-state index contributed by atoms with van der Waals surface area (Å²) in [7, 11) is 0. The normalized spacial score (nSPS) is 11.5. The Morgan fingerprint density at radius 2 is 1.89 bits per heavy atom. The number of hydrogen-bond donors (Lipinski definition) is 1. The summed E-state index contributed by atoms with van der Waals surface area (Å²) in [5.41, 5.74) is 2.69. The molecule has 1 heterocycles. The third kappa shape index (κ3) is 5.03. The van der Waals surface area contributed by atoms with Crippen molar-refractivity contribution in [2.45, 2.75) is 33.6 Å². The predicted octanol–water partition coefficient (Wildman–Crippen LogP) is 4.39. The Labute approximate surface area is 119 Å². The lowest BCUT2D eigenvalue weighted by Gasteiger charge is -2.15. The second kappa shape index (κ2) is 6.20. The Balaban J connectivity index is 1.81. The summed E-state index contributed by atoms with van der Waals surface area (Å²) in [5.74, 6) is 0. The molecule has 0 fully saturated rings. The smallest absolute Gasteiger partial charge is 0.0933 e. The van der Waals surface area contributed by atoms with Gasteiger partial charge in [-0.15, -0.1) is 11.3 Å². The molecule has 3 heteroatoms. The Kier molecular flexibility index (Phi) is 4.59. The molecule has 0 radical (unpaired) electrons. The van der Waals surface area contributed by atoms with Gasteiger partial charge < -0.3 is 5.32 Å². The first-order valence-corrected chi connectivity index (χ1v) is 7.63. The van der Waals surface area contributed by atoms with Crippen LogP contribution in [0, 0.1) is 5.41 Å². The van der Waals surface area contributed by atoms with Crippen LogP contribution in [-0.4, -0.2) is 11.5 Å². The molecule has 0 unspecified atom stereocenters. The van der Waals surface area contributed by atoms with Crippen molar-refractivity contribution >= 4 is 17.0 Å². The van der Waals surface area contributed by atoms with E-state index in [1.807, 2.05) is 18.2 Å². The van der Waals surface area contributed by atoms with E-state index >= 15 is 0 Å². The zero-order valence-corrected chi connectivity index (χ0v) is 12.8. The number of anilines is 1. The lowest BCUT2D eigenvalue weighted by Crippen LogP contribution is -2.09. The minimum Gasteiger partial charge on any atom is -0.385 e. The lowest BCUT2D eigenvalue weighted by atomic mass is 9.93. The zero-order valence-electron chi connectivity index (χ0n) is 11.9. The quantitative estimate of drug-likeness (QED) is 0.875. The summed E-state index contributed by atoms with van der Waals surface area (Å²) >= 11 is 1.78. The summed E-state index contributed by atoms with van der Waals surface area (Å²) in [5, 5.41) is 6.86. The number of hydrogen-bond acceptors (Lipinski definition) is 3. The maximum absolute atomic E-state index is 4.71. The molecule has 2 aromatic rings. The van der Waals surface area contributed by atoms with E-state index in [1.165, 1.54) is 16.4 Å². The van der Waals surface area contributed by atoms with Crippen LogP contribution >= 0.6 is 11.3 Å². The lowest BCUT2D eigenvalue weighted by molar-refractivity contribution is 0.410. The highest BCUT2D eigenvalue weighted by atomic mass is 32.1. The van der Waals surface area contributed by atoms with Crippen LogP contribution in [0.2, 0.25) is 0 Å². The SMILES string of the molecule is CC(C)(C)Cc1nc(CCNc2ccccc2)cs1. The number of benzene rings is 1. The number of thiazole rings is 1. The van der Waals surface area contributed by atoms with E-state index in [4.69, 9.17) is 4.98 Å². The van der Waals surface area contributed by atoms with Gasteiger partial charge in [-0.25, -0.2) is 4.98 Å². The molecule has 1 aromatic carbocycles. The minimum atomic E-state index is 0.317.